The first kappa shape index (κ1) is 24.1. The Morgan fingerprint density at radius 1 is 0.714 bits per heavy atom. The molecule has 0 radical (unpaired) electrons. The zero-order valence-corrected chi connectivity index (χ0v) is 20.8. The Morgan fingerprint density at radius 2 is 1.21 bits per heavy atom. The fourth-order valence-electron chi connectivity index (χ4n) is 5.22. The van der Waals surface area contributed by atoms with Gasteiger partial charge in [0.05, 0.1) is 0 Å². The van der Waals surface area contributed by atoms with Crippen LogP contribution in [0, 0.1) is 0 Å². The summed E-state index contributed by atoms with van der Waals surface area (Å²) in [5.41, 5.74) is 0.835. The highest BCUT2D eigenvalue weighted by molar-refractivity contribution is 4.95. The van der Waals surface area contributed by atoms with E-state index < -0.39 is 0 Å². The maximum absolute atomic E-state index is 2.78. The summed E-state index contributed by atoms with van der Waals surface area (Å²) in [6.45, 7) is 32.4. The monoisotopic (exact) mass is 394 g/mol. The molecule has 1 atom stereocenters. The number of piperazine rings is 2. The second-order valence-corrected chi connectivity index (χ2v) is 11.9. The van der Waals surface area contributed by atoms with E-state index in [4.69, 9.17) is 0 Å². The number of hydrogen-bond donors (Lipinski definition) is 0. The van der Waals surface area contributed by atoms with Gasteiger partial charge in [0.25, 0.3) is 0 Å². The van der Waals surface area contributed by atoms with Gasteiger partial charge >= 0.3 is 0 Å². The van der Waals surface area contributed by atoms with Crippen molar-refractivity contribution in [2.24, 2.45) is 0 Å². The van der Waals surface area contributed by atoms with E-state index in [0.29, 0.717) is 12.1 Å². The summed E-state index contributed by atoms with van der Waals surface area (Å²) in [7, 11) is 0. The van der Waals surface area contributed by atoms with Crippen molar-refractivity contribution >= 4 is 0 Å². The third kappa shape index (κ3) is 5.93. The molecule has 0 spiro atoms. The van der Waals surface area contributed by atoms with Crippen molar-refractivity contribution in [3.63, 3.8) is 0 Å². The molecule has 4 heteroatoms. The highest BCUT2D eigenvalue weighted by Crippen LogP contribution is 2.32. The SMILES string of the molecule is CC(C)N1CCN(C(C)(C)CCC(C)(C)N2CCN(C(C)(C)C)C[C@@H]2C)CC1. The van der Waals surface area contributed by atoms with Crippen LogP contribution in [-0.4, -0.2) is 94.1 Å². The normalized spacial score (nSPS) is 25.6. The standard InChI is InChI=1S/C24H50N4/c1-20(2)25-13-15-26(16-14-25)23(7,8)11-12-24(9,10)28-18-17-27(19-21(28)3)22(4,5)6/h20-21H,11-19H2,1-10H3/t21-/m0/s1. The van der Waals surface area contributed by atoms with E-state index in [0.717, 1.165) is 0 Å². The van der Waals surface area contributed by atoms with Crippen molar-refractivity contribution in [1.82, 2.24) is 19.6 Å². The molecular weight excluding hydrogens is 344 g/mol. The molecule has 0 unspecified atom stereocenters. The molecule has 0 aromatic heterocycles. The summed E-state index contributed by atoms with van der Waals surface area (Å²) in [4.78, 5) is 10.8. The molecule has 0 saturated carbocycles. The molecule has 0 N–H and O–H groups in total. The smallest absolute Gasteiger partial charge is 0.0200 e. The van der Waals surface area contributed by atoms with Crippen LogP contribution in [0.4, 0.5) is 0 Å². The Morgan fingerprint density at radius 3 is 1.68 bits per heavy atom. The molecule has 0 aliphatic carbocycles. The van der Waals surface area contributed by atoms with Gasteiger partial charge < -0.3 is 0 Å². The molecule has 0 amide bonds. The van der Waals surface area contributed by atoms with Crippen LogP contribution in [0.3, 0.4) is 0 Å². The molecule has 4 nitrogen and oxygen atoms in total. The maximum atomic E-state index is 2.78. The average molecular weight is 395 g/mol. The number of nitrogens with zero attached hydrogens (tertiary/aromatic N) is 4. The van der Waals surface area contributed by atoms with Crippen molar-refractivity contribution in [3.8, 4) is 0 Å². The third-order valence-corrected chi connectivity index (χ3v) is 7.60. The van der Waals surface area contributed by atoms with Crippen molar-refractivity contribution in [2.75, 3.05) is 45.8 Å². The lowest BCUT2D eigenvalue weighted by Gasteiger charge is -2.52. The molecule has 2 heterocycles. The first-order chi connectivity index (χ1) is 12.7. The van der Waals surface area contributed by atoms with Gasteiger partial charge in [0, 0.05) is 74.5 Å². The van der Waals surface area contributed by atoms with Crippen LogP contribution in [0.25, 0.3) is 0 Å². The van der Waals surface area contributed by atoms with Crippen LogP contribution >= 0.6 is 0 Å². The highest BCUT2D eigenvalue weighted by Gasteiger charge is 2.39. The van der Waals surface area contributed by atoms with Gasteiger partial charge in [-0.1, -0.05) is 0 Å². The topological polar surface area (TPSA) is 13.0 Å². The van der Waals surface area contributed by atoms with Crippen molar-refractivity contribution in [1.29, 1.82) is 0 Å². The molecule has 0 aromatic rings. The van der Waals surface area contributed by atoms with E-state index in [9.17, 15) is 0 Å². The maximum Gasteiger partial charge on any atom is 0.0200 e. The van der Waals surface area contributed by atoms with Crippen LogP contribution in [-0.2, 0) is 0 Å². The summed E-state index contributed by atoms with van der Waals surface area (Å²) < 4.78 is 0. The lowest BCUT2D eigenvalue weighted by Crippen LogP contribution is -2.62. The minimum Gasteiger partial charge on any atom is -0.298 e. The molecule has 2 fully saturated rings. The first-order valence-electron chi connectivity index (χ1n) is 11.7. The molecule has 2 aliphatic rings. The fourth-order valence-corrected chi connectivity index (χ4v) is 5.22. The minimum atomic E-state index is 0.264. The molecular formula is C24H50N4. The van der Waals surface area contributed by atoms with E-state index in [2.05, 4.69) is 88.8 Å². The summed E-state index contributed by atoms with van der Waals surface area (Å²) in [6, 6.07) is 1.30. The largest absolute Gasteiger partial charge is 0.298 e. The second kappa shape index (κ2) is 8.91. The van der Waals surface area contributed by atoms with Crippen LogP contribution in [0.2, 0.25) is 0 Å². The number of hydrogen-bond acceptors (Lipinski definition) is 4. The van der Waals surface area contributed by atoms with Crippen LogP contribution in [0.5, 0.6) is 0 Å². The number of rotatable bonds is 6. The molecule has 2 rings (SSSR count). The molecule has 2 saturated heterocycles. The Bertz CT molecular complexity index is 483. The van der Waals surface area contributed by atoms with Gasteiger partial charge in [0.15, 0.2) is 0 Å². The molecule has 166 valence electrons. The zero-order valence-electron chi connectivity index (χ0n) is 20.8. The van der Waals surface area contributed by atoms with Gasteiger partial charge in [-0.3, -0.25) is 19.6 Å². The lowest BCUT2D eigenvalue weighted by molar-refractivity contribution is -0.0328. The van der Waals surface area contributed by atoms with E-state index in [-0.39, 0.29) is 16.6 Å². The van der Waals surface area contributed by atoms with Gasteiger partial charge in [-0.15, -0.1) is 0 Å². The predicted octanol–water partition coefficient (Wildman–Crippen LogP) is 4.15. The zero-order chi connectivity index (χ0) is 21.3. The third-order valence-electron chi connectivity index (χ3n) is 7.60. The van der Waals surface area contributed by atoms with Gasteiger partial charge in [-0.05, 0) is 82.1 Å². The summed E-state index contributed by atoms with van der Waals surface area (Å²) in [6.07, 6.45) is 2.54. The van der Waals surface area contributed by atoms with Crippen LogP contribution in [0.1, 0.15) is 82.1 Å². The van der Waals surface area contributed by atoms with E-state index in [1.807, 2.05) is 0 Å². The van der Waals surface area contributed by atoms with Gasteiger partial charge in [-0.25, -0.2) is 0 Å². The second-order valence-electron chi connectivity index (χ2n) is 11.9. The van der Waals surface area contributed by atoms with Crippen molar-refractivity contribution < 1.29 is 0 Å². The van der Waals surface area contributed by atoms with Crippen LogP contribution < -0.4 is 0 Å². The van der Waals surface area contributed by atoms with Crippen molar-refractivity contribution in [2.45, 2.75) is 111 Å². The fraction of sp³-hybridized carbons (Fsp3) is 1.00. The molecule has 0 bridgehead atoms. The molecule has 2 aliphatic heterocycles. The van der Waals surface area contributed by atoms with Gasteiger partial charge in [0.1, 0.15) is 0 Å². The highest BCUT2D eigenvalue weighted by atomic mass is 15.3. The van der Waals surface area contributed by atoms with Gasteiger partial charge in [0.2, 0.25) is 0 Å². The van der Waals surface area contributed by atoms with Crippen molar-refractivity contribution in [3.05, 3.63) is 0 Å². The Balaban J connectivity index is 1.90. The Kier molecular flexibility index (Phi) is 7.68. The van der Waals surface area contributed by atoms with E-state index in [1.165, 1.54) is 58.7 Å². The molecule has 28 heavy (non-hydrogen) atoms. The summed E-state index contributed by atoms with van der Waals surface area (Å²) in [5.74, 6) is 0. The van der Waals surface area contributed by atoms with Gasteiger partial charge in [-0.2, -0.15) is 0 Å². The quantitative estimate of drug-likeness (QED) is 0.671. The minimum absolute atomic E-state index is 0.264. The Labute approximate surface area is 176 Å². The predicted molar refractivity (Wildman–Crippen MR) is 123 cm³/mol. The lowest BCUT2D eigenvalue weighted by atomic mass is 9.85. The summed E-state index contributed by atoms with van der Waals surface area (Å²) in [5, 5.41) is 0. The van der Waals surface area contributed by atoms with E-state index >= 15 is 0 Å². The summed E-state index contributed by atoms with van der Waals surface area (Å²) >= 11 is 0. The van der Waals surface area contributed by atoms with Crippen LogP contribution in [0.15, 0.2) is 0 Å². The van der Waals surface area contributed by atoms with E-state index in [1.54, 1.807) is 0 Å². The Hall–Kier alpha value is -0.160. The first-order valence-corrected chi connectivity index (χ1v) is 11.7. The molecule has 0 aromatic carbocycles. The average Bonchev–Trinajstić information content (AvgIpc) is 2.59.